The number of rotatable bonds is 5. The second-order valence-electron chi connectivity index (χ2n) is 3.12. The Morgan fingerprint density at radius 3 is 2.87 bits per heavy atom. The molecular weight excluding hydrogens is 216 g/mol. The van der Waals surface area contributed by atoms with Crippen LogP contribution >= 0.6 is 11.6 Å². The highest BCUT2D eigenvalue weighted by Gasteiger charge is 2.08. The van der Waals surface area contributed by atoms with Crippen molar-refractivity contribution >= 4 is 17.5 Å². The van der Waals surface area contributed by atoms with Gasteiger partial charge in [-0.3, -0.25) is 9.63 Å². The molecule has 4 nitrogen and oxygen atoms in total. The highest BCUT2D eigenvalue weighted by Crippen LogP contribution is 2.21. The largest absolute Gasteiger partial charge is 0.368 e. The van der Waals surface area contributed by atoms with Crippen LogP contribution in [0.3, 0.4) is 0 Å². The third kappa shape index (κ3) is 3.87. The maximum Gasteiger partial charge on any atom is 0.245 e. The Balaban J connectivity index is 2.50. The number of hydrogen-bond donors (Lipinski definition) is 2. The van der Waals surface area contributed by atoms with Crippen molar-refractivity contribution in [3.63, 3.8) is 0 Å². The second kappa shape index (κ2) is 5.70. The van der Waals surface area contributed by atoms with Gasteiger partial charge in [0.15, 0.2) is 0 Å². The number of primary amides is 1. The molecule has 0 fully saturated rings. The molecule has 5 heteroatoms. The van der Waals surface area contributed by atoms with Gasteiger partial charge in [-0.1, -0.05) is 29.8 Å². The van der Waals surface area contributed by atoms with Crippen molar-refractivity contribution in [2.75, 3.05) is 6.61 Å². The van der Waals surface area contributed by atoms with Crippen LogP contribution in [0.15, 0.2) is 24.3 Å². The van der Waals surface area contributed by atoms with E-state index in [1.807, 2.05) is 25.1 Å². The van der Waals surface area contributed by atoms with Crippen molar-refractivity contribution in [2.45, 2.75) is 13.0 Å². The van der Waals surface area contributed by atoms with Crippen molar-refractivity contribution in [1.29, 1.82) is 0 Å². The van der Waals surface area contributed by atoms with Crippen molar-refractivity contribution < 1.29 is 9.63 Å². The Hall–Kier alpha value is -1.10. The summed E-state index contributed by atoms with van der Waals surface area (Å²) in [4.78, 5) is 15.3. The Kier molecular flexibility index (Phi) is 4.55. The lowest BCUT2D eigenvalue weighted by atomic mass is 10.1. The summed E-state index contributed by atoms with van der Waals surface area (Å²) < 4.78 is 0. The summed E-state index contributed by atoms with van der Waals surface area (Å²) >= 11 is 5.97. The summed E-state index contributed by atoms with van der Waals surface area (Å²) in [6, 6.07) is 7.31. The van der Waals surface area contributed by atoms with Gasteiger partial charge in [-0.2, -0.15) is 5.48 Å². The third-order valence-electron chi connectivity index (χ3n) is 1.85. The van der Waals surface area contributed by atoms with Gasteiger partial charge in [0.05, 0.1) is 6.04 Å². The monoisotopic (exact) mass is 228 g/mol. The summed E-state index contributed by atoms with van der Waals surface area (Å²) in [5, 5.41) is 0.653. The van der Waals surface area contributed by atoms with E-state index < -0.39 is 5.91 Å². The van der Waals surface area contributed by atoms with Crippen molar-refractivity contribution in [1.82, 2.24) is 5.48 Å². The van der Waals surface area contributed by atoms with Gasteiger partial charge in [-0.05, 0) is 18.6 Å². The van der Waals surface area contributed by atoms with E-state index in [4.69, 9.17) is 22.2 Å². The molecule has 1 aromatic carbocycles. The SMILES string of the molecule is CC(NOCC(N)=O)c1ccccc1Cl. The molecule has 1 aromatic rings. The predicted molar refractivity (Wildman–Crippen MR) is 58.1 cm³/mol. The molecule has 3 N–H and O–H groups in total. The highest BCUT2D eigenvalue weighted by atomic mass is 35.5. The molecule has 1 atom stereocenters. The van der Waals surface area contributed by atoms with Crippen LogP contribution in [0.1, 0.15) is 18.5 Å². The lowest BCUT2D eigenvalue weighted by molar-refractivity contribution is -0.126. The number of carbonyl (C=O) groups excluding carboxylic acids is 1. The summed E-state index contributed by atoms with van der Waals surface area (Å²) in [5.74, 6) is -0.520. The van der Waals surface area contributed by atoms with Gasteiger partial charge in [0.1, 0.15) is 6.61 Å². The van der Waals surface area contributed by atoms with Crippen LogP contribution in [0.5, 0.6) is 0 Å². The number of benzene rings is 1. The summed E-state index contributed by atoms with van der Waals surface area (Å²) in [7, 11) is 0. The molecule has 1 unspecified atom stereocenters. The molecule has 1 rings (SSSR count). The van der Waals surface area contributed by atoms with Crippen molar-refractivity contribution in [2.24, 2.45) is 5.73 Å². The molecule has 0 saturated heterocycles. The third-order valence-corrected chi connectivity index (χ3v) is 2.19. The maximum absolute atomic E-state index is 10.4. The van der Waals surface area contributed by atoms with Crippen molar-refractivity contribution in [3.05, 3.63) is 34.9 Å². The molecule has 1 amide bonds. The van der Waals surface area contributed by atoms with E-state index in [1.165, 1.54) is 0 Å². The Bertz CT molecular complexity index is 344. The molecule has 0 saturated carbocycles. The quantitative estimate of drug-likeness (QED) is 0.749. The molecule has 0 bridgehead atoms. The normalized spacial score (nSPS) is 12.4. The minimum absolute atomic E-state index is 0.0990. The Morgan fingerprint density at radius 1 is 1.60 bits per heavy atom. The van der Waals surface area contributed by atoms with Crippen LogP contribution in [-0.4, -0.2) is 12.5 Å². The molecule has 0 aliphatic carbocycles. The number of halogens is 1. The standard InChI is InChI=1S/C10H13ClN2O2/c1-7(13-15-6-10(12)14)8-4-2-3-5-9(8)11/h2-5,7,13H,6H2,1H3,(H2,12,14). The zero-order valence-corrected chi connectivity index (χ0v) is 9.12. The fourth-order valence-electron chi connectivity index (χ4n) is 1.13. The van der Waals surface area contributed by atoms with Gasteiger partial charge in [0, 0.05) is 5.02 Å². The fraction of sp³-hybridized carbons (Fsp3) is 0.300. The lowest BCUT2D eigenvalue weighted by Gasteiger charge is -2.14. The molecule has 82 valence electrons. The van der Waals surface area contributed by atoms with Gasteiger partial charge in [0.25, 0.3) is 0 Å². The number of hydroxylamine groups is 1. The molecule has 0 aromatic heterocycles. The first-order valence-electron chi connectivity index (χ1n) is 4.51. The zero-order chi connectivity index (χ0) is 11.3. The van der Waals surface area contributed by atoms with Crippen LogP contribution in [0.2, 0.25) is 5.02 Å². The van der Waals surface area contributed by atoms with Gasteiger partial charge < -0.3 is 5.73 Å². The first kappa shape index (κ1) is 12.0. The van der Waals surface area contributed by atoms with E-state index >= 15 is 0 Å². The topological polar surface area (TPSA) is 64.3 Å². The molecule has 0 spiro atoms. The Labute approximate surface area is 93.3 Å². The number of carbonyl (C=O) groups is 1. The minimum atomic E-state index is -0.520. The second-order valence-corrected chi connectivity index (χ2v) is 3.52. The first-order valence-corrected chi connectivity index (χ1v) is 4.89. The van der Waals surface area contributed by atoms with Gasteiger partial charge in [-0.15, -0.1) is 0 Å². The zero-order valence-electron chi connectivity index (χ0n) is 8.37. The van der Waals surface area contributed by atoms with E-state index in [2.05, 4.69) is 5.48 Å². The fourth-order valence-corrected chi connectivity index (χ4v) is 1.43. The van der Waals surface area contributed by atoms with E-state index in [-0.39, 0.29) is 12.6 Å². The van der Waals surface area contributed by atoms with Crippen LogP contribution in [0, 0.1) is 0 Å². The maximum atomic E-state index is 10.4. The molecule has 0 aliphatic rings. The van der Waals surface area contributed by atoms with Crippen molar-refractivity contribution in [3.8, 4) is 0 Å². The predicted octanol–water partition coefficient (Wildman–Crippen LogP) is 1.41. The first-order chi connectivity index (χ1) is 7.11. The molecule has 0 radical (unpaired) electrons. The number of amides is 1. The van der Waals surface area contributed by atoms with Gasteiger partial charge >= 0.3 is 0 Å². The summed E-state index contributed by atoms with van der Waals surface area (Å²) in [5.41, 5.74) is 8.51. The molecule has 15 heavy (non-hydrogen) atoms. The van der Waals surface area contributed by atoms with Crippen LogP contribution in [0.4, 0.5) is 0 Å². The van der Waals surface area contributed by atoms with Crippen LogP contribution in [0.25, 0.3) is 0 Å². The smallest absolute Gasteiger partial charge is 0.245 e. The van der Waals surface area contributed by atoms with Crippen LogP contribution < -0.4 is 11.2 Å². The highest BCUT2D eigenvalue weighted by molar-refractivity contribution is 6.31. The lowest BCUT2D eigenvalue weighted by Crippen LogP contribution is -2.26. The number of hydrogen-bond acceptors (Lipinski definition) is 3. The van der Waals surface area contributed by atoms with E-state index in [1.54, 1.807) is 6.07 Å². The number of nitrogens with two attached hydrogens (primary N) is 1. The average Bonchev–Trinajstić information content (AvgIpc) is 2.17. The summed E-state index contributed by atoms with van der Waals surface area (Å²) in [6.45, 7) is 1.72. The van der Waals surface area contributed by atoms with Gasteiger partial charge in [0.2, 0.25) is 5.91 Å². The number of nitrogens with one attached hydrogen (secondary N) is 1. The molecule has 0 heterocycles. The van der Waals surface area contributed by atoms with Gasteiger partial charge in [-0.25, -0.2) is 0 Å². The summed E-state index contributed by atoms with van der Waals surface area (Å²) in [6.07, 6.45) is 0. The average molecular weight is 229 g/mol. The van der Waals surface area contributed by atoms with E-state index in [0.29, 0.717) is 5.02 Å². The Morgan fingerprint density at radius 2 is 2.27 bits per heavy atom. The molecule has 0 aliphatic heterocycles. The van der Waals surface area contributed by atoms with Crippen LogP contribution in [-0.2, 0) is 9.63 Å². The molecular formula is C10H13ClN2O2. The van der Waals surface area contributed by atoms with E-state index in [9.17, 15) is 4.79 Å². The van der Waals surface area contributed by atoms with E-state index in [0.717, 1.165) is 5.56 Å². The minimum Gasteiger partial charge on any atom is -0.368 e.